The van der Waals surface area contributed by atoms with Crippen LogP contribution in [0.1, 0.15) is 20.3 Å². The molecule has 0 bridgehead atoms. The molecule has 2 aromatic carbocycles. The third-order valence-corrected chi connectivity index (χ3v) is 6.24. The molecule has 0 spiro atoms. The molecule has 0 aliphatic carbocycles. The number of hydrogen-bond donors (Lipinski definition) is 3. The Morgan fingerprint density at radius 2 is 1.76 bits per heavy atom. The second kappa shape index (κ2) is 11.7. The highest BCUT2D eigenvalue weighted by molar-refractivity contribution is 7.18. The van der Waals surface area contributed by atoms with Crippen molar-refractivity contribution in [3.63, 3.8) is 0 Å². The first-order valence-electron chi connectivity index (χ1n) is 10.5. The number of rotatable bonds is 9. The van der Waals surface area contributed by atoms with Crippen LogP contribution < -0.4 is 25.4 Å². The SMILES string of the molecule is CCC(C)C(NC(=O)Nc1cc(OC)cc(OC)c1)C(=O)Nc1nnc(-c2cccc(Cl)c2)s1. The molecule has 0 radical (unpaired) electrons. The minimum Gasteiger partial charge on any atom is -0.497 e. The number of hydrogen-bond acceptors (Lipinski definition) is 7. The van der Waals surface area contributed by atoms with Crippen LogP contribution in [0.2, 0.25) is 5.02 Å². The Bertz CT molecular complexity index is 1130. The van der Waals surface area contributed by atoms with Crippen molar-refractivity contribution in [1.29, 1.82) is 0 Å². The van der Waals surface area contributed by atoms with E-state index in [9.17, 15) is 9.59 Å². The predicted molar refractivity (Wildman–Crippen MR) is 134 cm³/mol. The number of aromatic nitrogens is 2. The Morgan fingerprint density at radius 1 is 1.06 bits per heavy atom. The number of nitrogens with zero attached hydrogens (tertiary/aromatic N) is 2. The molecule has 0 saturated carbocycles. The minimum absolute atomic E-state index is 0.133. The zero-order chi connectivity index (χ0) is 24.7. The van der Waals surface area contributed by atoms with Crippen LogP contribution in [0.3, 0.4) is 0 Å². The predicted octanol–water partition coefficient (Wildman–Crippen LogP) is 5.05. The van der Waals surface area contributed by atoms with Gasteiger partial charge in [0, 0.05) is 34.5 Å². The van der Waals surface area contributed by atoms with Crippen molar-refractivity contribution in [1.82, 2.24) is 15.5 Å². The molecule has 0 aliphatic rings. The van der Waals surface area contributed by atoms with Crippen molar-refractivity contribution in [2.45, 2.75) is 26.3 Å². The molecule has 3 N–H and O–H groups in total. The first-order chi connectivity index (χ1) is 16.3. The number of urea groups is 1. The van der Waals surface area contributed by atoms with Crippen molar-refractivity contribution in [3.05, 3.63) is 47.5 Å². The molecule has 1 heterocycles. The van der Waals surface area contributed by atoms with E-state index < -0.39 is 12.1 Å². The van der Waals surface area contributed by atoms with E-state index in [2.05, 4.69) is 26.1 Å². The quantitative estimate of drug-likeness (QED) is 0.376. The number of ether oxygens (including phenoxy) is 2. The average Bonchev–Trinajstić information content (AvgIpc) is 3.30. The molecule has 9 nitrogen and oxygen atoms in total. The Balaban J connectivity index is 1.70. The molecule has 0 saturated heterocycles. The molecule has 1 aromatic heterocycles. The summed E-state index contributed by atoms with van der Waals surface area (Å²) >= 11 is 7.27. The molecular formula is C23H26ClN5O4S. The maximum atomic E-state index is 13.0. The van der Waals surface area contributed by atoms with Crippen molar-refractivity contribution < 1.29 is 19.1 Å². The first-order valence-corrected chi connectivity index (χ1v) is 11.7. The van der Waals surface area contributed by atoms with Gasteiger partial charge in [0.25, 0.3) is 0 Å². The summed E-state index contributed by atoms with van der Waals surface area (Å²) in [5, 5.41) is 17.9. The van der Waals surface area contributed by atoms with E-state index >= 15 is 0 Å². The molecule has 0 fully saturated rings. The summed E-state index contributed by atoms with van der Waals surface area (Å²) in [5.74, 6) is 0.530. The maximum Gasteiger partial charge on any atom is 0.319 e. The summed E-state index contributed by atoms with van der Waals surface area (Å²) in [7, 11) is 3.04. The van der Waals surface area contributed by atoms with Gasteiger partial charge >= 0.3 is 6.03 Å². The van der Waals surface area contributed by atoms with Crippen LogP contribution in [0.25, 0.3) is 10.6 Å². The fourth-order valence-corrected chi connectivity index (χ4v) is 4.02. The van der Waals surface area contributed by atoms with Gasteiger partial charge < -0.3 is 20.1 Å². The highest BCUT2D eigenvalue weighted by Crippen LogP contribution is 2.29. The number of carbonyl (C=O) groups excluding carboxylic acids is 2. The highest BCUT2D eigenvalue weighted by atomic mass is 35.5. The smallest absolute Gasteiger partial charge is 0.319 e. The molecule has 0 aliphatic heterocycles. The van der Waals surface area contributed by atoms with Gasteiger partial charge in [-0.25, -0.2) is 4.79 Å². The highest BCUT2D eigenvalue weighted by Gasteiger charge is 2.27. The van der Waals surface area contributed by atoms with Crippen LogP contribution >= 0.6 is 22.9 Å². The van der Waals surface area contributed by atoms with E-state index in [-0.39, 0.29) is 11.8 Å². The summed E-state index contributed by atoms with van der Waals surface area (Å²) in [6, 6.07) is 10.9. The number of methoxy groups -OCH3 is 2. The average molecular weight is 504 g/mol. The van der Waals surface area contributed by atoms with E-state index in [1.165, 1.54) is 25.6 Å². The summed E-state index contributed by atoms with van der Waals surface area (Å²) in [5.41, 5.74) is 1.27. The van der Waals surface area contributed by atoms with E-state index in [0.29, 0.717) is 38.8 Å². The number of benzene rings is 2. The van der Waals surface area contributed by atoms with Gasteiger partial charge in [0.15, 0.2) is 0 Å². The maximum absolute atomic E-state index is 13.0. The van der Waals surface area contributed by atoms with Crippen LogP contribution in [-0.2, 0) is 4.79 Å². The lowest BCUT2D eigenvalue weighted by atomic mass is 9.98. The van der Waals surface area contributed by atoms with Crippen molar-refractivity contribution in [2.75, 3.05) is 24.9 Å². The molecule has 3 rings (SSSR count). The van der Waals surface area contributed by atoms with Gasteiger partial charge in [-0.3, -0.25) is 10.1 Å². The van der Waals surface area contributed by atoms with Gasteiger partial charge in [0.2, 0.25) is 11.0 Å². The summed E-state index contributed by atoms with van der Waals surface area (Å²) in [4.78, 5) is 25.7. The molecule has 11 heteroatoms. The standard InChI is InChI=1S/C23H26ClN5O4S/c1-5-13(2)19(26-22(31)25-16-10-17(32-3)12-18(11-16)33-4)20(30)27-23-29-28-21(34-23)14-7-6-8-15(24)9-14/h6-13,19H,5H2,1-4H3,(H2,25,26,31)(H,27,29,30). The zero-order valence-corrected chi connectivity index (χ0v) is 20.8. The van der Waals surface area contributed by atoms with Gasteiger partial charge in [-0.05, 0) is 18.1 Å². The number of carbonyl (C=O) groups is 2. The van der Waals surface area contributed by atoms with Crippen LogP contribution in [0, 0.1) is 5.92 Å². The summed E-state index contributed by atoms with van der Waals surface area (Å²) in [6.07, 6.45) is 0.676. The molecule has 34 heavy (non-hydrogen) atoms. The van der Waals surface area contributed by atoms with Gasteiger partial charge in [0.05, 0.1) is 14.2 Å². The third-order valence-electron chi connectivity index (χ3n) is 5.12. The van der Waals surface area contributed by atoms with Gasteiger partial charge in [0.1, 0.15) is 22.5 Å². The number of amides is 3. The third kappa shape index (κ3) is 6.58. The van der Waals surface area contributed by atoms with Crippen LogP contribution in [0.15, 0.2) is 42.5 Å². The van der Waals surface area contributed by atoms with Gasteiger partial charge in [-0.15, -0.1) is 10.2 Å². The minimum atomic E-state index is -0.795. The summed E-state index contributed by atoms with van der Waals surface area (Å²) in [6.45, 7) is 3.83. The van der Waals surface area contributed by atoms with E-state index in [0.717, 1.165) is 5.56 Å². The lowest BCUT2D eigenvalue weighted by Crippen LogP contribution is -2.49. The molecule has 180 valence electrons. The Morgan fingerprint density at radius 3 is 2.38 bits per heavy atom. The second-order valence-electron chi connectivity index (χ2n) is 7.47. The van der Waals surface area contributed by atoms with E-state index in [1.807, 2.05) is 26.0 Å². The van der Waals surface area contributed by atoms with Crippen LogP contribution in [0.5, 0.6) is 11.5 Å². The Labute approximate surface area is 206 Å². The zero-order valence-electron chi connectivity index (χ0n) is 19.2. The monoisotopic (exact) mass is 503 g/mol. The van der Waals surface area contributed by atoms with Crippen molar-refractivity contribution >= 4 is 45.7 Å². The van der Waals surface area contributed by atoms with Crippen molar-refractivity contribution in [2.24, 2.45) is 5.92 Å². The fraction of sp³-hybridized carbons (Fsp3) is 0.304. The summed E-state index contributed by atoms with van der Waals surface area (Å²) < 4.78 is 10.5. The van der Waals surface area contributed by atoms with Gasteiger partial charge in [-0.2, -0.15) is 0 Å². The molecule has 3 amide bonds. The molecular weight excluding hydrogens is 478 g/mol. The van der Waals surface area contributed by atoms with Crippen molar-refractivity contribution in [3.8, 4) is 22.1 Å². The topological polar surface area (TPSA) is 114 Å². The number of nitrogens with one attached hydrogen (secondary N) is 3. The fourth-order valence-electron chi connectivity index (χ4n) is 3.08. The van der Waals surface area contributed by atoms with Crippen LogP contribution in [0.4, 0.5) is 15.6 Å². The van der Waals surface area contributed by atoms with Crippen LogP contribution in [-0.4, -0.2) is 42.4 Å². The Kier molecular flexibility index (Phi) is 8.67. The molecule has 2 unspecified atom stereocenters. The molecule has 3 aromatic rings. The Hall–Kier alpha value is -3.37. The lowest BCUT2D eigenvalue weighted by Gasteiger charge is -2.23. The largest absolute Gasteiger partial charge is 0.497 e. The van der Waals surface area contributed by atoms with E-state index in [4.69, 9.17) is 21.1 Å². The number of halogens is 1. The lowest BCUT2D eigenvalue weighted by molar-refractivity contribution is -0.119. The number of anilines is 2. The first kappa shape index (κ1) is 25.3. The second-order valence-corrected chi connectivity index (χ2v) is 8.89. The normalized spacial score (nSPS) is 12.4. The molecule has 2 atom stereocenters. The van der Waals surface area contributed by atoms with Gasteiger partial charge in [-0.1, -0.05) is 55.3 Å². The van der Waals surface area contributed by atoms with E-state index in [1.54, 1.807) is 30.3 Å².